The van der Waals surface area contributed by atoms with Gasteiger partial charge in [-0.15, -0.1) is 0 Å². The molecule has 0 aliphatic carbocycles. The number of nitrogens with two attached hydrogens (primary N) is 1. The molecule has 2 rings (SSSR count). The smallest absolute Gasteiger partial charge is 0.338 e. The largest absolute Gasteiger partial charge is 0.462 e. The van der Waals surface area contributed by atoms with Gasteiger partial charge in [0, 0.05) is 20.0 Å². The number of hydrogen-bond acceptors (Lipinski definition) is 4. The lowest BCUT2D eigenvalue weighted by atomic mass is 10.2. The number of nitrogen functional groups attached to an aromatic ring is 1. The van der Waals surface area contributed by atoms with Gasteiger partial charge in [0.15, 0.2) is 0 Å². The van der Waals surface area contributed by atoms with E-state index < -0.39 is 0 Å². The fraction of sp³-hybridized carbons (Fsp3) is 0.133. The number of halogens is 1. The Hall–Kier alpha value is -1.46. The van der Waals surface area contributed by atoms with Crippen molar-refractivity contribution in [2.24, 2.45) is 0 Å². The zero-order valence-corrected chi connectivity index (χ0v) is 13.3. The Morgan fingerprint density at radius 3 is 2.60 bits per heavy atom. The van der Waals surface area contributed by atoms with Gasteiger partial charge in [-0.25, -0.2) is 4.79 Å². The summed E-state index contributed by atoms with van der Waals surface area (Å²) in [5.74, 6) is -0.329. The third-order valence-electron chi connectivity index (χ3n) is 2.57. The standard InChI is InChI=1S/C15H14BrNO2S/c1-2-19-15(18)10-3-8-13(17)14(9-10)20-12-6-4-11(16)5-7-12/h3-9H,2,17H2,1H3. The number of ether oxygens (including phenoxy) is 1. The third-order valence-corrected chi connectivity index (χ3v) is 4.18. The van der Waals surface area contributed by atoms with Crippen molar-refractivity contribution in [3.8, 4) is 0 Å². The van der Waals surface area contributed by atoms with E-state index in [-0.39, 0.29) is 5.97 Å². The van der Waals surface area contributed by atoms with Gasteiger partial charge >= 0.3 is 5.97 Å². The highest BCUT2D eigenvalue weighted by Crippen LogP contribution is 2.33. The number of rotatable bonds is 4. The number of esters is 1. The van der Waals surface area contributed by atoms with Crippen molar-refractivity contribution in [2.75, 3.05) is 12.3 Å². The molecule has 0 aromatic heterocycles. The van der Waals surface area contributed by atoms with Crippen molar-refractivity contribution in [3.05, 3.63) is 52.5 Å². The van der Waals surface area contributed by atoms with Crippen LogP contribution in [0, 0.1) is 0 Å². The lowest BCUT2D eigenvalue weighted by Gasteiger charge is -2.08. The van der Waals surface area contributed by atoms with Gasteiger partial charge in [-0.3, -0.25) is 0 Å². The predicted octanol–water partition coefficient (Wildman–Crippen LogP) is 4.36. The van der Waals surface area contributed by atoms with Crippen LogP contribution < -0.4 is 5.73 Å². The summed E-state index contributed by atoms with van der Waals surface area (Å²) in [6, 6.07) is 13.1. The maximum absolute atomic E-state index is 11.7. The first-order valence-corrected chi connectivity index (χ1v) is 7.71. The zero-order chi connectivity index (χ0) is 14.5. The van der Waals surface area contributed by atoms with Gasteiger partial charge in [0.1, 0.15) is 0 Å². The van der Waals surface area contributed by atoms with Crippen LogP contribution in [0.3, 0.4) is 0 Å². The van der Waals surface area contributed by atoms with Gasteiger partial charge in [0.2, 0.25) is 0 Å². The van der Waals surface area contributed by atoms with Crippen molar-refractivity contribution < 1.29 is 9.53 Å². The number of carbonyl (C=O) groups excluding carboxylic acids is 1. The maximum atomic E-state index is 11.7. The summed E-state index contributed by atoms with van der Waals surface area (Å²) in [4.78, 5) is 13.6. The molecule has 0 spiro atoms. The van der Waals surface area contributed by atoms with Crippen LogP contribution in [-0.2, 0) is 4.74 Å². The Balaban J connectivity index is 2.24. The summed E-state index contributed by atoms with van der Waals surface area (Å²) in [5, 5.41) is 0. The molecule has 20 heavy (non-hydrogen) atoms. The fourth-order valence-electron chi connectivity index (χ4n) is 1.59. The molecule has 0 amide bonds. The minimum atomic E-state index is -0.329. The van der Waals surface area contributed by atoms with E-state index in [4.69, 9.17) is 10.5 Å². The highest BCUT2D eigenvalue weighted by Gasteiger charge is 2.10. The van der Waals surface area contributed by atoms with E-state index in [1.54, 1.807) is 25.1 Å². The quantitative estimate of drug-likeness (QED) is 0.656. The first-order chi connectivity index (χ1) is 9.60. The van der Waals surface area contributed by atoms with E-state index in [0.717, 1.165) is 14.3 Å². The molecule has 0 unspecified atom stereocenters. The highest BCUT2D eigenvalue weighted by molar-refractivity contribution is 9.10. The summed E-state index contributed by atoms with van der Waals surface area (Å²) >= 11 is 4.92. The molecule has 0 saturated heterocycles. The molecule has 104 valence electrons. The van der Waals surface area contributed by atoms with Crippen LogP contribution in [0.15, 0.2) is 56.7 Å². The Kier molecular flexibility index (Phi) is 5.09. The molecule has 3 nitrogen and oxygen atoms in total. The SMILES string of the molecule is CCOC(=O)c1ccc(N)c(Sc2ccc(Br)cc2)c1. The van der Waals surface area contributed by atoms with Crippen molar-refractivity contribution in [1.82, 2.24) is 0 Å². The van der Waals surface area contributed by atoms with Crippen LogP contribution in [-0.4, -0.2) is 12.6 Å². The summed E-state index contributed by atoms with van der Waals surface area (Å²) < 4.78 is 6.02. The molecule has 5 heteroatoms. The molecule has 2 aromatic rings. The molecule has 0 bridgehead atoms. The normalized spacial score (nSPS) is 10.3. The molecule has 2 N–H and O–H groups in total. The van der Waals surface area contributed by atoms with E-state index in [0.29, 0.717) is 17.9 Å². The van der Waals surface area contributed by atoms with E-state index in [2.05, 4.69) is 15.9 Å². The second kappa shape index (κ2) is 6.81. The highest BCUT2D eigenvalue weighted by atomic mass is 79.9. The van der Waals surface area contributed by atoms with Crippen LogP contribution in [0.1, 0.15) is 17.3 Å². The van der Waals surface area contributed by atoms with Crippen molar-refractivity contribution in [1.29, 1.82) is 0 Å². The van der Waals surface area contributed by atoms with Gasteiger partial charge in [-0.2, -0.15) is 0 Å². The lowest BCUT2D eigenvalue weighted by Crippen LogP contribution is -2.05. The number of anilines is 1. The molecule has 0 heterocycles. The van der Waals surface area contributed by atoms with Gasteiger partial charge < -0.3 is 10.5 Å². The Morgan fingerprint density at radius 2 is 1.95 bits per heavy atom. The van der Waals surface area contributed by atoms with Crippen LogP contribution in [0.2, 0.25) is 0 Å². The lowest BCUT2D eigenvalue weighted by molar-refractivity contribution is 0.0526. The summed E-state index contributed by atoms with van der Waals surface area (Å²) in [6.07, 6.45) is 0. The molecule has 2 aromatic carbocycles. The van der Waals surface area contributed by atoms with E-state index in [1.165, 1.54) is 11.8 Å². The number of hydrogen-bond donors (Lipinski definition) is 1. The van der Waals surface area contributed by atoms with Crippen LogP contribution in [0.25, 0.3) is 0 Å². The van der Waals surface area contributed by atoms with Gasteiger partial charge in [0.05, 0.1) is 12.2 Å². The fourth-order valence-corrected chi connectivity index (χ4v) is 2.76. The summed E-state index contributed by atoms with van der Waals surface area (Å²) in [5.41, 5.74) is 7.12. The first-order valence-electron chi connectivity index (χ1n) is 6.10. The van der Waals surface area contributed by atoms with Gasteiger partial charge in [-0.1, -0.05) is 27.7 Å². The Bertz CT molecular complexity index is 614. The molecule has 0 aliphatic rings. The Morgan fingerprint density at radius 1 is 1.25 bits per heavy atom. The van der Waals surface area contributed by atoms with E-state index in [1.807, 2.05) is 24.3 Å². The molecule has 0 atom stereocenters. The maximum Gasteiger partial charge on any atom is 0.338 e. The van der Waals surface area contributed by atoms with Gasteiger partial charge in [0.25, 0.3) is 0 Å². The second-order valence-electron chi connectivity index (χ2n) is 4.03. The van der Waals surface area contributed by atoms with Crippen molar-refractivity contribution in [2.45, 2.75) is 16.7 Å². The summed E-state index contributed by atoms with van der Waals surface area (Å²) in [6.45, 7) is 2.14. The first kappa shape index (κ1) is 14.9. The predicted molar refractivity (Wildman–Crippen MR) is 85.1 cm³/mol. The van der Waals surface area contributed by atoms with Crippen LogP contribution in [0.5, 0.6) is 0 Å². The monoisotopic (exact) mass is 351 g/mol. The van der Waals surface area contributed by atoms with Gasteiger partial charge in [-0.05, 0) is 49.4 Å². The zero-order valence-electron chi connectivity index (χ0n) is 10.9. The van der Waals surface area contributed by atoms with E-state index >= 15 is 0 Å². The summed E-state index contributed by atoms with van der Waals surface area (Å²) in [7, 11) is 0. The average Bonchev–Trinajstić information content (AvgIpc) is 2.44. The second-order valence-corrected chi connectivity index (χ2v) is 6.06. The average molecular weight is 352 g/mol. The molecular formula is C15H14BrNO2S. The molecule has 0 saturated carbocycles. The van der Waals surface area contributed by atoms with Crippen molar-refractivity contribution >= 4 is 39.3 Å². The van der Waals surface area contributed by atoms with Crippen LogP contribution >= 0.6 is 27.7 Å². The third kappa shape index (κ3) is 3.77. The minimum absolute atomic E-state index is 0.329. The minimum Gasteiger partial charge on any atom is -0.462 e. The molecule has 0 fully saturated rings. The topological polar surface area (TPSA) is 52.3 Å². The molecular weight excluding hydrogens is 338 g/mol. The number of carbonyl (C=O) groups is 1. The van der Waals surface area contributed by atoms with Crippen LogP contribution in [0.4, 0.5) is 5.69 Å². The number of benzene rings is 2. The Labute approximate surface area is 130 Å². The molecule has 0 radical (unpaired) electrons. The molecule has 0 aliphatic heterocycles. The van der Waals surface area contributed by atoms with Crippen molar-refractivity contribution in [3.63, 3.8) is 0 Å². The van der Waals surface area contributed by atoms with E-state index in [9.17, 15) is 4.79 Å².